The fraction of sp³-hybridized carbons (Fsp3) is 0. The maximum Gasteiger partial charge on any atom is 0.0562 e. The SMILES string of the molecule is c1ccc2c(-c3ccc(-n4c5ccccc5c5cc6c(cc54)[nH]c4ccc5ccccc5c46)cc3)cccc2c1. The molecule has 0 aliphatic carbocycles. The third-order valence-electron chi connectivity index (χ3n) is 8.51. The molecule has 0 aliphatic rings. The van der Waals surface area contributed by atoms with Gasteiger partial charge in [0.05, 0.1) is 11.0 Å². The average molecular weight is 509 g/mol. The van der Waals surface area contributed by atoms with Gasteiger partial charge in [-0.05, 0) is 69.1 Å². The van der Waals surface area contributed by atoms with Gasteiger partial charge in [0.1, 0.15) is 0 Å². The van der Waals surface area contributed by atoms with E-state index in [1.165, 1.54) is 70.8 Å². The minimum absolute atomic E-state index is 1.16. The van der Waals surface area contributed by atoms with Crippen LogP contribution in [0.5, 0.6) is 0 Å². The number of hydrogen-bond acceptors (Lipinski definition) is 0. The molecule has 0 bridgehead atoms. The highest BCUT2D eigenvalue weighted by Gasteiger charge is 2.16. The number of rotatable bonds is 2. The van der Waals surface area contributed by atoms with E-state index < -0.39 is 0 Å². The summed E-state index contributed by atoms with van der Waals surface area (Å²) in [5, 5.41) is 10.2. The molecule has 0 amide bonds. The molecular weight excluding hydrogens is 484 g/mol. The Kier molecular flexibility index (Phi) is 4.36. The van der Waals surface area contributed by atoms with Crippen molar-refractivity contribution in [1.82, 2.24) is 9.55 Å². The fourth-order valence-electron chi connectivity index (χ4n) is 6.68. The maximum absolute atomic E-state index is 3.72. The minimum atomic E-state index is 1.16. The van der Waals surface area contributed by atoms with Gasteiger partial charge in [0, 0.05) is 38.3 Å². The van der Waals surface area contributed by atoms with Gasteiger partial charge >= 0.3 is 0 Å². The molecule has 40 heavy (non-hydrogen) atoms. The molecule has 0 spiro atoms. The molecule has 0 aliphatic heterocycles. The van der Waals surface area contributed by atoms with Gasteiger partial charge in [-0.2, -0.15) is 0 Å². The normalized spacial score (nSPS) is 12.0. The molecule has 186 valence electrons. The monoisotopic (exact) mass is 508 g/mol. The summed E-state index contributed by atoms with van der Waals surface area (Å²) in [5.41, 5.74) is 8.42. The summed E-state index contributed by atoms with van der Waals surface area (Å²) in [6.45, 7) is 0. The lowest BCUT2D eigenvalue weighted by molar-refractivity contribution is 1.18. The molecule has 0 unspecified atom stereocenters. The number of aromatic amines is 1. The van der Waals surface area contributed by atoms with Crippen molar-refractivity contribution in [1.29, 1.82) is 0 Å². The zero-order valence-corrected chi connectivity index (χ0v) is 21.7. The van der Waals surface area contributed by atoms with Crippen molar-refractivity contribution in [3.8, 4) is 16.8 Å². The fourth-order valence-corrected chi connectivity index (χ4v) is 6.68. The van der Waals surface area contributed by atoms with Gasteiger partial charge in [-0.1, -0.05) is 103 Å². The lowest BCUT2D eigenvalue weighted by Crippen LogP contribution is -1.94. The van der Waals surface area contributed by atoms with Crippen LogP contribution in [0.1, 0.15) is 0 Å². The Morgan fingerprint density at radius 3 is 1.98 bits per heavy atom. The summed E-state index contributed by atoms with van der Waals surface area (Å²) in [6.07, 6.45) is 0. The molecule has 1 N–H and O–H groups in total. The zero-order chi connectivity index (χ0) is 26.2. The van der Waals surface area contributed by atoms with Crippen molar-refractivity contribution in [3.63, 3.8) is 0 Å². The molecular formula is C38H24N2. The van der Waals surface area contributed by atoms with Crippen molar-refractivity contribution in [3.05, 3.63) is 140 Å². The first-order chi connectivity index (χ1) is 19.8. The van der Waals surface area contributed by atoms with Gasteiger partial charge in [0.25, 0.3) is 0 Å². The number of fused-ring (bicyclic) bond motifs is 9. The number of para-hydroxylation sites is 1. The first kappa shape index (κ1) is 21.6. The maximum atomic E-state index is 3.72. The zero-order valence-electron chi connectivity index (χ0n) is 21.7. The topological polar surface area (TPSA) is 20.7 Å². The van der Waals surface area contributed by atoms with Crippen LogP contribution in [-0.4, -0.2) is 9.55 Å². The molecule has 9 aromatic rings. The van der Waals surface area contributed by atoms with E-state index in [0.717, 1.165) is 11.2 Å². The first-order valence-electron chi connectivity index (χ1n) is 13.8. The molecule has 0 saturated heterocycles. The number of H-pyrrole nitrogens is 1. The molecule has 0 atom stereocenters. The van der Waals surface area contributed by atoms with Crippen LogP contribution >= 0.6 is 0 Å². The number of nitrogens with one attached hydrogen (secondary N) is 1. The van der Waals surface area contributed by atoms with E-state index in [-0.39, 0.29) is 0 Å². The van der Waals surface area contributed by atoms with E-state index in [2.05, 4.69) is 149 Å². The van der Waals surface area contributed by atoms with E-state index in [9.17, 15) is 0 Å². The van der Waals surface area contributed by atoms with E-state index in [1.807, 2.05) is 0 Å². The van der Waals surface area contributed by atoms with Gasteiger partial charge in [0.15, 0.2) is 0 Å². The number of aromatic nitrogens is 2. The lowest BCUT2D eigenvalue weighted by atomic mass is 9.98. The van der Waals surface area contributed by atoms with E-state index in [1.54, 1.807) is 0 Å². The van der Waals surface area contributed by atoms with Crippen LogP contribution in [0.4, 0.5) is 0 Å². The van der Waals surface area contributed by atoms with Crippen LogP contribution in [0, 0.1) is 0 Å². The Labute approximate surface area is 230 Å². The predicted molar refractivity (Wildman–Crippen MR) is 171 cm³/mol. The number of benzene rings is 7. The average Bonchev–Trinajstić information content (AvgIpc) is 3.55. The molecule has 0 saturated carbocycles. The second-order valence-corrected chi connectivity index (χ2v) is 10.7. The highest BCUT2D eigenvalue weighted by molar-refractivity contribution is 6.24. The van der Waals surface area contributed by atoms with Gasteiger partial charge in [-0.25, -0.2) is 0 Å². The van der Waals surface area contributed by atoms with E-state index in [0.29, 0.717) is 0 Å². The van der Waals surface area contributed by atoms with Gasteiger partial charge in [0.2, 0.25) is 0 Å². The first-order valence-corrected chi connectivity index (χ1v) is 13.8. The third-order valence-corrected chi connectivity index (χ3v) is 8.51. The quantitative estimate of drug-likeness (QED) is 0.240. The highest BCUT2D eigenvalue weighted by atomic mass is 15.0. The second kappa shape index (κ2) is 8.08. The van der Waals surface area contributed by atoms with Crippen LogP contribution in [0.25, 0.3) is 82.0 Å². The molecule has 2 aromatic heterocycles. The van der Waals surface area contributed by atoms with Crippen LogP contribution in [0.2, 0.25) is 0 Å². The Hall–Kier alpha value is -5.34. The van der Waals surface area contributed by atoms with Crippen molar-refractivity contribution in [2.75, 3.05) is 0 Å². The van der Waals surface area contributed by atoms with E-state index in [4.69, 9.17) is 0 Å². The third kappa shape index (κ3) is 2.99. The summed E-state index contributed by atoms with van der Waals surface area (Å²) < 4.78 is 2.40. The summed E-state index contributed by atoms with van der Waals surface area (Å²) in [4.78, 5) is 3.72. The van der Waals surface area contributed by atoms with Crippen molar-refractivity contribution in [2.45, 2.75) is 0 Å². The molecule has 7 aromatic carbocycles. The van der Waals surface area contributed by atoms with E-state index >= 15 is 0 Å². The van der Waals surface area contributed by atoms with Gasteiger partial charge in [-0.3, -0.25) is 0 Å². The largest absolute Gasteiger partial charge is 0.354 e. The number of nitrogens with zero attached hydrogens (tertiary/aromatic N) is 1. The molecule has 2 nitrogen and oxygen atoms in total. The standard InChI is InChI=1S/C38H24N2/c1-3-11-28-24(8-1)10-7-14-29(28)26-16-19-27(20-17-26)40-36-15-6-5-13-31(36)32-22-33-35(23-37(32)40)39-34-21-18-25-9-2-4-12-30(25)38(33)34/h1-23,39H. The smallest absolute Gasteiger partial charge is 0.0562 e. The molecule has 0 radical (unpaired) electrons. The summed E-state index contributed by atoms with van der Waals surface area (Å²) >= 11 is 0. The van der Waals surface area contributed by atoms with Crippen LogP contribution < -0.4 is 0 Å². The molecule has 2 heterocycles. The van der Waals surface area contributed by atoms with Crippen LogP contribution in [-0.2, 0) is 0 Å². The van der Waals surface area contributed by atoms with Crippen molar-refractivity contribution >= 4 is 65.2 Å². The van der Waals surface area contributed by atoms with Crippen LogP contribution in [0.15, 0.2) is 140 Å². The Morgan fingerprint density at radius 2 is 1.12 bits per heavy atom. The Morgan fingerprint density at radius 1 is 0.425 bits per heavy atom. The minimum Gasteiger partial charge on any atom is -0.354 e. The predicted octanol–water partition coefficient (Wildman–Crippen LogP) is 10.4. The molecule has 0 fully saturated rings. The summed E-state index contributed by atoms with van der Waals surface area (Å²) in [7, 11) is 0. The highest BCUT2D eigenvalue weighted by Crippen LogP contribution is 2.39. The van der Waals surface area contributed by atoms with Gasteiger partial charge < -0.3 is 9.55 Å². The van der Waals surface area contributed by atoms with Gasteiger partial charge in [-0.15, -0.1) is 0 Å². The second-order valence-electron chi connectivity index (χ2n) is 10.7. The van der Waals surface area contributed by atoms with Crippen molar-refractivity contribution < 1.29 is 0 Å². The number of hydrogen-bond donors (Lipinski definition) is 1. The van der Waals surface area contributed by atoms with Crippen molar-refractivity contribution in [2.24, 2.45) is 0 Å². The summed E-state index contributed by atoms with van der Waals surface area (Å²) in [5.74, 6) is 0. The lowest BCUT2D eigenvalue weighted by Gasteiger charge is -2.11. The summed E-state index contributed by atoms with van der Waals surface area (Å²) in [6, 6.07) is 50.7. The molecule has 9 rings (SSSR count). The molecule has 2 heteroatoms. The van der Waals surface area contributed by atoms with Crippen LogP contribution in [0.3, 0.4) is 0 Å². The Bertz CT molecular complexity index is 2410. The Balaban J connectivity index is 1.29.